The second-order valence-corrected chi connectivity index (χ2v) is 5.94. The van der Waals surface area contributed by atoms with Gasteiger partial charge in [0.15, 0.2) is 11.6 Å². The number of nitrogens with one attached hydrogen (secondary N) is 1. The van der Waals surface area contributed by atoms with Crippen LogP contribution in [0.25, 0.3) is 11.1 Å². The normalized spacial score (nSPS) is 13.6. The molecular weight excluding hydrogens is 337 g/mol. The molecule has 1 aliphatic rings. The molecule has 6 heteroatoms. The van der Waals surface area contributed by atoms with Gasteiger partial charge in [0.1, 0.15) is 0 Å². The molecular formula is C20H18FNO4. The molecule has 2 aromatic rings. The average molecular weight is 355 g/mol. The molecule has 0 unspecified atom stereocenters. The largest absolute Gasteiger partial charge is 0.493 e. The Morgan fingerprint density at radius 2 is 1.77 bits per heavy atom. The highest BCUT2D eigenvalue weighted by Crippen LogP contribution is 2.36. The lowest BCUT2D eigenvalue weighted by Gasteiger charge is -2.14. The summed E-state index contributed by atoms with van der Waals surface area (Å²) in [5.41, 5.74) is 1.59. The van der Waals surface area contributed by atoms with Gasteiger partial charge >= 0.3 is 5.97 Å². The lowest BCUT2D eigenvalue weighted by Crippen LogP contribution is -2.17. The third kappa shape index (κ3) is 3.31. The summed E-state index contributed by atoms with van der Waals surface area (Å²) < 4.78 is 20.1. The van der Waals surface area contributed by atoms with Crippen LogP contribution in [0.3, 0.4) is 0 Å². The molecule has 3 rings (SSSR count). The van der Waals surface area contributed by atoms with E-state index in [1.165, 1.54) is 13.2 Å². The van der Waals surface area contributed by atoms with Gasteiger partial charge < -0.3 is 15.2 Å². The van der Waals surface area contributed by atoms with Crippen LogP contribution in [0, 0.1) is 5.82 Å². The molecule has 0 fully saturated rings. The Balaban J connectivity index is 1.94. The Labute approximate surface area is 150 Å². The molecule has 1 aliphatic carbocycles. The van der Waals surface area contributed by atoms with Crippen LogP contribution in [-0.4, -0.2) is 24.1 Å². The molecule has 2 N–H and O–H groups in total. The van der Waals surface area contributed by atoms with E-state index in [4.69, 9.17) is 9.84 Å². The maximum Gasteiger partial charge on any atom is 0.332 e. The number of carboxylic acids is 1. The van der Waals surface area contributed by atoms with Crippen molar-refractivity contribution in [2.45, 2.75) is 19.3 Å². The first-order valence-corrected chi connectivity index (χ1v) is 8.21. The first kappa shape index (κ1) is 17.7. The predicted octanol–water partition coefficient (Wildman–Crippen LogP) is 4.00. The Bertz CT molecular complexity index is 890. The van der Waals surface area contributed by atoms with Gasteiger partial charge in [0.25, 0.3) is 5.91 Å². The summed E-state index contributed by atoms with van der Waals surface area (Å²) in [4.78, 5) is 23.6. The van der Waals surface area contributed by atoms with Gasteiger partial charge in [-0.15, -0.1) is 0 Å². The smallest absolute Gasteiger partial charge is 0.332 e. The van der Waals surface area contributed by atoms with Crippen molar-refractivity contribution in [2.24, 2.45) is 0 Å². The van der Waals surface area contributed by atoms with Crippen LogP contribution in [0.4, 0.5) is 10.1 Å². The molecule has 0 saturated heterocycles. The minimum Gasteiger partial charge on any atom is -0.493 e. The zero-order chi connectivity index (χ0) is 18.7. The molecule has 134 valence electrons. The Kier molecular flexibility index (Phi) is 5.02. The van der Waals surface area contributed by atoms with Crippen molar-refractivity contribution >= 4 is 17.6 Å². The lowest BCUT2D eigenvalue weighted by atomic mass is 10.0. The van der Waals surface area contributed by atoms with Crippen LogP contribution in [0.15, 0.2) is 53.6 Å². The molecule has 5 nitrogen and oxygen atoms in total. The summed E-state index contributed by atoms with van der Waals surface area (Å²) in [6.07, 6.45) is 1.31. The van der Waals surface area contributed by atoms with E-state index in [-0.39, 0.29) is 22.6 Å². The number of benzene rings is 2. The van der Waals surface area contributed by atoms with E-state index in [0.29, 0.717) is 24.8 Å². The Morgan fingerprint density at radius 1 is 1.08 bits per heavy atom. The van der Waals surface area contributed by atoms with Crippen LogP contribution >= 0.6 is 0 Å². The lowest BCUT2D eigenvalue weighted by molar-refractivity contribution is -0.133. The van der Waals surface area contributed by atoms with E-state index in [2.05, 4.69) is 5.32 Å². The van der Waals surface area contributed by atoms with Crippen molar-refractivity contribution in [1.29, 1.82) is 0 Å². The van der Waals surface area contributed by atoms with Crippen molar-refractivity contribution in [3.8, 4) is 16.9 Å². The highest BCUT2D eigenvalue weighted by molar-refractivity contribution is 6.09. The van der Waals surface area contributed by atoms with Crippen molar-refractivity contribution in [1.82, 2.24) is 0 Å². The van der Waals surface area contributed by atoms with Gasteiger partial charge in [-0.3, -0.25) is 4.79 Å². The first-order chi connectivity index (χ1) is 12.5. The number of carbonyl (C=O) groups excluding carboxylic acids is 1. The summed E-state index contributed by atoms with van der Waals surface area (Å²) in [6, 6.07) is 12.3. The van der Waals surface area contributed by atoms with Gasteiger partial charge in [0.05, 0.1) is 12.8 Å². The molecule has 0 bridgehead atoms. The van der Waals surface area contributed by atoms with Gasteiger partial charge in [0, 0.05) is 16.7 Å². The maximum atomic E-state index is 14.8. The summed E-state index contributed by atoms with van der Waals surface area (Å²) in [6.45, 7) is 0. The van der Waals surface area contributed by atoms with Crippen molar-refractivity contribution in [2.75, 3.05) is 12.4 Å². The van der Waals surface area contributed by atoms with Gasteiger partial charge in [-0.25, -0.2) is 9.18 Å². The minimum absolute atomic E-state index is 0.0212. The first-order valence-electron chi connectivity index (χ1n) is 8.21. The number of rotatable bonds is 5. The third-order valence-electron chi connectivity index (χ3n) is 4.38. The molecule has 1 amide bonds. The highest BCUT2D eigenvalue weighted by atomic mass is 19.1. The quantitative estimate of drug-likeness (QED) is 0.850. The standard InChI is InChI=1S/C20H18FNO4/c1-26-18-13(12-6-3-2-4-7-12)10-11-16(17(18)21)22-19(23)14-8-5-9-15(14)20(24)25/h2-4,6-7,10-11H,5,8-9H2,1H3,(H,22,23)(H,24,25). The van der Waals surface area contributed by atoms with Gasteiger partial charge in [0.2, 0.25) is 0 Å². The number of aliphatic carboxylic acids is 1. The molecule has 0 aliphatic heterocycles. The van der Waals surface area contributed by atoms with E-state index < -0.39 is 17.7 Å². The monoisotopic (exact) mass is 355 g/mol. The highest BCUT2D eigenvalue weighted by Gasteiger charge is 2.26. The summed E-state index contributed by atoms with van der Waals surface area (Å²) in [5, 5.41) is 11.6. The van der Waals surface area contributed by atoms with E-state index in [9.17, 15) is 14.0 Å². The van der Waals surface area contributed by atoms with Crippen LogP contribution in [0.1, 0.15) is 19.3 Å². The second kappa shape index (κ2) is 7.39. The second-order valence-electron chi connectivity index (χ2n) is 5.94. The number of anilines is 1. The minimum atomic E-state index is -1.11. The SMILES string of the molecule is COc1c(-c2ccccc2)ccc(NC(=O)C2=C(C(=O)O)CCC2)c1F. The van der Waals surface area contributed by atoms with Gasteiger partial charge in [-0.2, -0.15) is 0 Å². The summed E-state index contributed by atoms with van der Waals surface area (Å²) >= 11 is 0. The fraction of sp³-hybridized carbons (Fsp3) is 0.200. The number of halogens is 1. The zero-order valence-electron chi connectivity index (χ0n) is 14.2. The molecule has 0 radical (unpaired) electrons. The summed E-state index contributed by atoms with van der Waals surface area (Å²) in [7, 11) is 1.36. The van der Waals surface area contributed by atoms with Crippen molar-refractivity contribution < 1.29 is 23.8 Å². The molecule has 0 spiro atoms. The number of carbonyl (C=O) groups is 2. The average Bonchev–Trinajstić information content (AvgIpc) is 3.14. The summed E-state index contributed by atoms with van der Waals surface area (Å²) in [5.74, 6) is -2.37. The predicted molar refractivity (Wildman–Crippen MR) is 95.5 cm³/mol. The van der Waals surface area contributed by atoms with E-state index >= 15 is 0 Å². The number of hydrogen-bond donors (Lipinski definition) is 2. The van der Waals surface area contributed by atoms with Crippen LogP contribution in [-0.2, 0) is 9.59 Å². The maximum absolute atomic E-state index is 14.8. The number of methoxy groups -OCH3 is 1. The van der Waals surface area contributed by atoms with Gasteiger partial charge in [-0.1, -0.05) is 30.3 Å². The molecule has 0 aromatic heterocycles. The molecule has 2 aromatic carbocycles. The van der Waals surface area contributed by atoms with Crippen LogP contribution in [0.2, 0.25) is 0 Å². The molecule has 0 heterocycles. The van der Waals surface area contributed by atoms with Crippen LogP contribution in [0.5, 0.6) is 5.75 Å². The molecule has 26 heavy (non-hydrogen) atoms. The van der Waals surface area contributed by atoms with Gasteiger partial charge in [-0.05, 0) is 37.0 Å². The van der Waals surface area contributed by atoms with Crippen molar-refractivity contribution in [3.63, 3.8) is 0 Å². The van der Waals surface area contributed by atoms with E-state index in [1.54, 1.807) is 6.07 Å². The Hall–Kier alpha value is -3.15. The van der Waals surface area contributed by atoms with Crippen LogP contribution < -0.4 is 10.1 Å². The zero-order valence-corrected chi connectivity index (χ0v) is 14.2. The number of hydrogen-bond acceptors (Lipinski definition) is 3. The fourth-order valence-electron chi connectivity index (χ4n) is 3.13. The molecule has 0 saturated carbocycles. The number of ether oxygens (including phenoxy) is 1. The topological polar surface area (TPSA) is 75.6 Å². The number of carboxylic acid groups (broad SMARTS) is 1. The molecule has 0 atom stereocenters. The Morgan fingerprint density at radius 3 is 2.42 bits per heavy atom. The van der Waals surface area contributed by atoms with Crippen molar-refractivity contribution in [3.05, 3.63) is 59.4 Å². The van der Waals surface area contributed by atoms with E-state index in [1.807, 2.05) is 30.3 Å². The fourth-order valence-corrected chi connectivity index (χ4v) is 3.13. The van der Waals surface area contributed by atoms with E-state index in [0.717, 1.165) is 5.56 Å². The third-order valence-corrected chi connectivity index (χ3v) is 4.38. The number of amides is 1.